The zero-order valence-corrected chi connectivity index (χ0v) is 18.8. The van der Waals surface area contributed by atoms with Crippen molar-refractivity contribution in [2.75, 3.05) is 13.1 Å². The van der Waals surface area contributed by atoms with Crippen LogP contribution < -0.4 is 0 Å². The third kappa shape index (κ3) is 3.81. The van der Waals surface area contributed by atoms with Gasteiger partial charge in [0.15, 0.2) is 0 Å². The van der Waals surface area contributed by atoms with Crippen LogP contribution in [0.4, 0.5) is 0 Å². The highest BCUT2D eigenvalue weighted by Crippen LogP contribution is 2.37. The van der Waals surface area contributed by atoms with Gasteiger partial charge in [0.2, 0.25) is 0 Å². The maximum absolute atomic E-state index is 13.1. The fourth-order valence-corrected chi connectivity index (χ4v) is 7.41. The van der Waals surface area contributed by atoms with E-state index in [9.17, 15) is 8.42 Å². The van der Waals surface area contributed by atoms with Crippen LogP contribution in [0.5, 0.6) is 0 Å². The molecule has 1 aliphatic rings. The first-order chi connectivity index (χ1) is 13.8. The Hall–Kier alpha value is -1.89. The summed E-state index contributed by atoms with van der Waals surface area (Å²) in [6, 6.07) is 14.7. The lowest BCUT2D eigenvalue weighted by molar-refractivity contribution is 0.237. The highest BCUT2D eigenvalue weighted by molar-refractivity contribution is 8.12. The largest absolute Gasteiger partial charge is 0.268 e. The van der Waals surface area contributed by atoms with Crippen molar-refractivity contribution in [3.05, 3.63) is 60.3 Å². The number of aromatic nitrogens is 1. The molecule has 3 aromatic rings. The number of nitrogens with zero attached hydrogens (tertiary/aromatic N) is 2. The fourth-order valence-electron chi connectivity index (χ4n) is 4.32. The SMILES string of the molecule is C=S(c1ccc2c(c1)c(C)cn2S(=O)(=O)c1ccccc1)N1CC(C)CC(C)C1. The predicted molar refractivity (Wildman–Crippen MR) is 123 cm³/mol. The van der Waals surface area contributed by atoms with Crippen LogP contribution in [0, 0.1) is 18.8 Å². The van der Waals surface area contributed by atoms with Crippen molar-refractivity contribution in [3.63, 3.8) is 0 Å². The number of rotatable bonds is 4. The van der Waals surface area contributed by atoms with E-state index in [1.807, 2.05) is 25.1 Å². The van der Waals surface area contributed by atoms with Gasteiger partial charge in [-0.2, -0.15) is 0 Å². The number of fused-ring (bicyclic) bond motifs is 1. The van der Waals surface area contributed by atoms with E-state index >= 15 is 0 Å². The average Bonchev–Trinajstić information content (AvgIpc) is 3.04. The van der Waals surface area contributed by atoms with Crippen LogP contribution in [0.2, 0.25) is 0 Å². The van der Waals surface area contributed by atoms with E-state index in [-0.39, 0.29) is 10.7 Å². The summed E-state index contributed by atoms with van der Waals surface area (Å²) >= 11 is 0. The van der Waals surface area contributed by atoms with Gasteiger partial charge in [0.25, 0.3) is 10.0 Å². The summed E-state index contributed by atoms with van der Waals surface area (Å²) in [5.41, 5.74) is 1.67. The van der Waals surface area contributed by atoms with Crippen LogP contribution in [-0.4, -0.2) is 35.7 Å². The second-order valence-electron chi connectivity index (χ2n) is 8.26. The molecule has 29 heavy (non-hydrogen) atoms. The Bertz CT molecular complexity index is 1160. The molecule has 0 N–H and O–H groups in total. The van der Waals surface area contributed by atoms with Gasteiger partial charge >= 0.3 is 0 Å². The third-order valence-corrected chi connectivity index (χ3v) is 9.07. The van der Waals surface area contributed by atoms with Gasteiger partial charge in [-0.1, -0.05) is 48.6 Å². The van der Waals surface area contributed by atoms with Crippen molar-refractivity contribution >= 4 is 37.5 Å². The number of aryl methyl sites for hydroxylation is 1. The Kier molecular flexibility index (Phi) is 5.44. The Morgan fingerprint density at radius 2 is 1.69 bits per heavy atom. The van der Waals surface area contributed by atoms with Gasteiger partial charge in [-0.15, -0.1) is 0 Å². The van der Waals surface area contributed by atoms with E-state index in [4.69, 9.17) is 0 Å². The van der Waals surface area contributed by atoms with Crippen molar-refractivity contribution in [2.24, 2.45) is 11.8 Å². The van der Waals surface area contributed by atoms with E-state index in [1.165, 1.54) is 10.4 Å². The topological polar surface area (TPSA) is 42.3 Å². The summed E-state index contributed by atoms with van der Waals surface area (Å²) in [4.78, 5) is 1.46. The maximum Gasteiger partial charge on any atom is 0.268 e. The van der Waals surface area contributed by atoms with Crippen LogP contribution in [0.15, 0.2) is 64.5 Å². The minimum atomic E-state index is -3.62. The minimum absolute atomic E-state index is 0.249. The van der Waals surface area contributed by atoms with Gasteiger partial charge in [0.1, 0.15) is 0 Å². The molecular formula is C23H28N2O2S2. The molecule has 1 fully saturated rings. The van der Waals surface area contributed by atoms with E-state index in [2.05, 4.69) is 30.1 Å². The van der Waals surface area contributed by atoms with Gasteiger partial charge in [0, 0.05) is 29.6 Å². The molecule has 3 atom stereocenters. The average molecular weight is 429 g/mol. The highest BCUT2D eigenvalue weighted by Gasteiger charge is 2.24. The second-order valence-corrected chi connectivity index (χ2v) is 11.8. The van der Waals surface area contributed by atoms with Crippen molar-refractivity contribution < 1.29 is 8.42 Å². The zero-order valence-electron chi connectivity index (χ0n) is 17.2. The predicted octanol–water partition coefficient (Wildman–Crippen LogP) is 5.14. The molecule has 4 nitrogen and oxygen atoms in total. The summed E-state index contributed by atoms with van der Waals surface area (Å²) in [5.74, 6) is 5.83. The lowest BCUT2D eigenvalue weighted by Crippen LogP contribution is -2.34. The number of hydrogen-bond acceptors (Lipinski definition) is 3. The van der Waals surface area contributed by atoms with Gasteiger partial charge in [-0.3, -0.25) is 4.31 Å². The maximum atomic E-state index is 13.1. The summed E-state index contributed by atoms with van der Waals surface area (Å²) in [7, 11) is -3.87. The van der Waals surface area contributed by atoms with E-state index in [0.29, 0.717) is 22.2 Å². The van der Waals surface area contributed by atoms with Crippen molar-refractivity contribution in [1.82, 2.24) is 8.28 Å². The molecular weight excluding hydrogens is 400 g/mol. The number of hydrogen-bond donors (Lipinski definition) is 0. The van der Waals surface area contributed by atoms with Gasteiger partial charge < -0.3 is 0 Å². The number of piperidine rings is 1. The zero-order chi connectivity index (χ0) is 20.8. The second kappa shape index (κ2) is 7.74. The molecule has 0 spiro atoms. The van der Waals surface area contributed by atoms with Gasteiger partial charge in [-0.05, 0) is 61.1 Å². The van der Waals surface area contributed by atoms with Crippen LogP contribution in [0.25, 0.3) is 10.9 Å². The Morgan fingerprint density at radius 1 is 1.03 bits per heavy atom. The Morgan fingerprint density at radius 3 is 2.34 bits per heavy atom. The summed E-state index contributed by atoms with van der Waals surface area (Å²) in [6.45, 7) is 8.72. The molecule has 1 aromatic heterocycles. The first kappa shape index (κ1) is 20.4. The highest BCUT2D eigenvalue weighted by atomic mass is 32.2. The molecule has 0 radical (unpaired) electrons. The molecule has 154 valence electrons. The van der Waals surface area contributed by atoms with Crippen LogP contribution in [0.1, 0.15) is 25.8 Å². The quantitative estimate of drug-likeness (QED) is 0.541. The molecule has 6 heteroatoms. The van der Waals surface area contributed by atoms with Crippen LogP contribution in [0.3, 0.4) is 0 Å². The van der Waals surface area contributed by atoms with E-state index in [0.717, 1.165) is 28.9 Å². The van der Waals surface area contributed by atoms with Crippen molar-refractivity contribution in [1.29, 1.82) is 0 Å². The smallest absolute Gasteiger partial charge is 0.252 e. The number of benzene rings is 2. The van der Waals surface area contributed by atoms with Crippen LogP contribution in [-0.2, 0) is 10.0 Å². The molecule has 0 aliphatic carbocycles. The fraction of sp³-hybridized carbons (Fsp3) is 0.348. The lowest BCUT2D eigenvalue weighted by Gasteiger charge is -2.36. The monoisotopic (exact) mass is 428 g/mol. The van der Waals surface area contributed by atoms with E-state index < -0.39 is 10.0 Å². The summed E-state index contributed by atoms with van der Waals surface area (Å²) < 4.78 is 30.2. The van der Waals surface area contributed by atoms with Gasteiger partial charge in [0.05, 0.1) is 10.4 Å². The molecule has 0 saturated carbocycles. The molecule has 1 saturated heterocycles. The molecule has 0 amide bonds. The molecule has 1 aliphatic heterocycles. The molecule has 2 heterocycles. The van der Waals surface area contributed by atoms with Crippen LogP contribution >= 0.6 is 10.7 Å². The first-order valence-electron chi connectivity index (χ1n) is 9.98. The van der Waals surface area contributed by atoms with E-state index in [1.54, 1.807) is 30.5 Å². The molecule has 3 unspecified atom stereocenters. The standard InChI is InChI=1S/C23H28N2O2S2/c1-17-12-18(2)15-24(14-17)28(4)20-10-11-23-22(13-20)19(3)16-25(23)29(26,27)21-8-6-5-7-9-21/h5-11,13,16-18H,4,12,14-15H2,1-3H3. The Balaban J connectivity index is 1.73. The summed E-state index contributed by atoms with van der Waals surface area (Å²) in [6.07, 6.45) is 3.00. The lowest BCUT2D eigenvalue weighted by atomic mass is 9.94. The normalized spacial score (nSPS) is 22.0. The third-order valence-electron chi connectivity index (χ3n) is 5.66. The molecule has 0 bridgehead atoms. The minimum Gasteiger partial charge on any atom is -0.252 e. The van der Waals surface area contributed by atoms with Crippen molar-refractivity contribution in [2.45, 2.75) is 37.0 Å². The Labute approximate surface area is 176 Å². The van der Waals surface area contributed by atoms with Crippen molar-refractivity contribution in [3.8, 4) is 0 Å². The first-order valence-corrected chi connectivity index (χ1v) is 12.8. The van der Waals surface area contributed by atoms with Gasteiger partial charge in [-0.25, -0.2) is 12.4 Å². The summed E-state index contributed by atoms with van der Waals surface area (Å²) in [5, 5.41) is 0.973. The molecule has 2 aromatic carbocycles. The molecule has 4 rings (SSSR count).